The predicted molar refractivity (Wildman–Crippen MR) is 65.2 cm³/mol. The van der Waals surface area contributed by atoms with Crippen LogP contribution in [0.25, 0.3) is 0 Å². The minimum Gasteiger partial charge on any atom is -0.391 e. The van der Waals surface area contributed by atoms with Gasteiger partial charge in [0, 0.05) is 13.1 Å². The molecule has 6 nitrogen and oxygen atoms in total. The van der Waals surface area contributed by atoms with E-state index in [1.165, 1.54) is 19.2 Å². The van der Waals surface area contributed by atoms with Crippen molar-refractivity contribution < 1.29 is 9.90 Å². The van der Waals surface area contributed by atoms with Crippen LogP contribution in [0.2, 0.25) is 0 Å². The molecule has 0 saturated heterocycles. The molecule has 1 fully saturated rings. The van der Waals surface area contributed by atoms with Gasteiger partial charge in [0.05, 0.1) is 12.1 Å². The summed E-state index contributed by atoms with van der Waals surface area (Å²) in [4.78, 5) is 23.1. The highest BCUT2D eigenvalue weighted by molar-refractivity contribution is 5.92. The Kier molecular flexibility index (Phi) is 3.76. The van der Waals surface area contributed by atoms with E-state index in [0.29, 0.717) is 6.42 Å². The van der Waals surface area contributed by atoms with E-state index < -0.39 is 6.10 Å². The van der Waals surface area contributed by atoms with Crippen molar-refractivity contribution in [3.8, 4) is 0 Å². The number of rotatable bonds is 2. The molecule has 0 aliphatic heterocycles. The van der Waals surface area contributed by atoms with Gasteiger partial charge in [0.1, 0.15) is 5.69 Å². The number of hydrogen-bond donors (Lipinski definition) is 2. The molecule has 0 spiro atoms. The van der Waals surface area contributed by atoms with Crippen molar-refractivity contribution in [3.63, 3.8) is 0 Å². The number of aliphatic hydroxyl groups excluding tert-OH is 1. The van der Waals surface area contributed by atoms with Gasteiger partial charge in [0.25, 0.3) is 11.5 Å². The molecule has 6 heteroatoms. The molecule has 0 bridgehead atoms. The summed E-state index contributed by atoms with van der Waals surface area (Å²) in [7, 11) is 1.49. The maximum atomic E-state index is 11.9. The third kappa shape index (κ3) is 2.76. The summed E-state index contributed by atoms with van der Waals surface area (Å²) in [5.74, 6) is -0.350. The Morgan fingerprint density at radius 2 is 2.17 bits per heavy atom. The maximum Gasteiger partial charge on any atom is 0.272 e. The Hall–Kier alpha value is -1.69. The lowest BCUT2D eigenvalue weighted by Gasteiger charge is -2.28. The van der Waals surface area contributed by atoms with Gasteiger partial charge in [-0.05, 0) is 18.9 Å². The van der Waals surface area contributed by atoms with Crippen LogP contribution in [-0.2, 0) is 7.05 Å². The molecule has 2 rings (SSSR count). The standard InChI is InChI=1S/C12H17N3O3/c1-15-11(17)7-6-9(14-15)12(18)13-8-4-2-3-5-10(8)16/h6-8,10,16H,2-5H2,1H3,(H,13,18). The summed E-state index contributed by atoms with van der Waals surface area (Å²) in [6.45, 7) is 0. The summed E-state index contributed by atoms with van der Waals surface area (Å²) < 4.78 is 1.12. The SMILES string of the molecule is Cn1nc(C(=O)NC2CCCCC2O)ccc1=O. The van der Waals surface area contributed by atoms with Gasteiger partial charge < -0.3 is 10.4 Å². The maximum absolute atomic E-state index is 11.9. The number of nitrogens with zero attached hydrogens (tertiary/aromatic N) is 2. The van der Waals surface area contributed by atoms with Crippen LogP contribution in [0.5, 0.6) is 0 Å². The lowest BCUT2D eigenvalue weighted by Crippen LogP contribution is -2.45. The smallest absolute Gasteiger partial charge is 0.272 e. The number of aryl methyl sites for hydroxylation is 1. The number of carbonyl (C=O) groups excluding carboxylic acids is 1. The second-order valence-electron chi connectivity index (χ2n) is 4.61. The van der Waals surface area contributed by atoms with Gasteiger partial charge in [0.15, 0.2) is 0 Å². The third-order valence-corrected chi connectivity index (χ3v) is 3.24. The summed E-state index contributed by atoms with van der Waals surface area (Å²) in [6, 6.07) is 2.48. The van der Waals surface area contributed by atoms with Crippen LogP contribution in [0.3, 0.4) is 0 Å². The van der Waals surface area contributed by atoms with E-state index in [4.69, 9.17) is 0 Å². The first-order chi connectivity index (χ1) is 8.58. The molecule has 1 aromatic heterocycles. The lowest BCUT2D eigenvalue weighted by molar-refractivity contribution is 0.0712. The van der Waals surface area contributed by atoms with Gasteiger partial charge in [-0.2, -0.15) is 5.10 Å². The molecule has 98 valence electrons. The van der Waals surface area contributed by atoms with Crippen molar-refractivity contribution in [1.29, 1.82) is 0 Å². The Morgan fingerprint density at radius 3 is 2.83 bits per heavy atom. The highest BCUT2D eigenvalue weighted by Gasteiger charge is 2.25. The minimum atomic E-state index is -0.491. The van der Waals surface area contributed by atoms with Gasteiger partial charge in [-0.25, -0.2) is 4.68 Å². The number of aliphatic hydroxyl groups is 1. The highest BCUT2D eigenvalue weighted by atomic mass is 16.3. The first-order valence-electron chi connectivity index (χ1n) is 6.11. The zero-order chi connectivity index (χ0) is 13.1. The average Bonchev–Trinajstić information content (AvgIpc) is 2.35. The van der Waals surface area contributed by atoms with Crippen molar-refractivity contribution in [2.45, 2.75) is 37.8 Å². The Balaban J connectivity index is 2.07. The van der Waals surface area contributed by atoms with E-state index in [2.05, 4.69) is 10.4 Å². The molecule has 1 heterocycles. The molecule has 1 amide bonds. The van der Waals surface area contributed by atoms with Crippen LogP contribution < -0.4 is 10.9 Å². The molecule has 2 N–H and O–H groups in total. The van der Waals surface area contributed by atoms with Gasteiger partial charge in [0.2, 0.25) is 0 Å². The zero-order valence-electron chi connectivity index (χ0n) is 10.3. The molecule has 1 aliphatic rings. The number of hydrogen-bond acceptors (Lipinski definition) is 4. The average molecular weight is 251 g/mol. The monoisotopic (exact) mass is 251 g/mol. The van der Waals surface area contributed by atoms with Gasteiger partial charge in [-0.15, -0.1) is 0 Å². The van der Waals surface area contributed by atoms with Crippen molar-refractivity contribution in [2.75, 3.05) is 0 Å². The van der Waals surface area contributed by atoms with Crippen molar-refractivity contribution in [1.82, 2.24) is 15.1 Å². The topological polar surface area (TPSA) is 84.2 Å². The van der Waals surface area contributed by atoms with Gasteiger partial charge in [-0.1, -0.05) is 12.8 Å². The largest absolute Gasteiger partial charge is 0.391 e. The van der Waals surface area contributed by atoms with Crippen LogP contribution in [0.4, 0.5) is 0 Å². The Labute approximate surface area is 105 Å². The second kappa shape index (κ2) is 5.30. The highest BCUT2D eigenvalue weighted by Crippen LogP contribution is 2.18. The summed E-state index contributed by atoms with van der Waals surface area (Å²) in [5, 5.41) is 16.4. The normalized spacial score (nSPS) is 23.7. The predicted octanol–water partition coefficient (Wildman–Crippen LogP) is -0.186. The van der Waals surface area contributed by atoms with E-state index in [-0.39, 0.29) is 23.2 Å². The molecule has 2 atom stereocenters. The lowest BCUT2D eigenvalue weighted by atomic mass is 9.92. The van der Waals surface area contributed by atoms with Crippen LogP contribution in [-0.4, -0.2) is 32.9 Å². The summed E-state index contributed by atoms with van der Waals surface area (Å²) in [6.07, 6.45) is 2.99. The number of aromatic nitrogens is 2. The second-order valence-corrected chi connectivity index (χ2v) is 4.61. The number of nitrogens with one attached hydrogen (secondary N) is 1. The fourth-order valence-electron chi connectivity index (χ4n) is 2.15. The number of amides is 1. The molecule has 1 aromatic rings. The van der Waals surface area contributed by atoms with Gasteiger partial charge in [-0.3, -0.25) is 9.59 Å². The first-order valence-corrected chi connectivity index (χ1v) is 6.11. The van der Waals surface area contributed by atoms with Crippen molar-refractivity contribution in [2.24, 2.45) is 7.05 Å². The van der Waals surface area contributed by atoms with Crippen LogP contribution >= 0.6 is 0 Å². The van der Waals surface area contributed by atoms with E-state index in [9.17, 15) is 14.7 Å². The molecule has 1 saturated carbocycles. The Morgan fingerprint density at radius 1 is 1.44 bits per heavy atom. The molecule has 0 radical (unpaired) electrons. The third-order valence-electron chi connectivity index (χ3n) is 3.24. The fraction of sp³-hybridized carbons (Fsp3) is 0.583. The molecule has 2 unspecified atom stereocenters. The molecule has 18 heavy (non-hydrogen) atoms. The van der Waals surface area contributed by atoms with Crippen LogP contribution in [0.15, 0.2) is 16.9 Å². The fourth-order valence-corrected chi connectivity index (χ4v) is 2.15. The van der Waals surface area contributed by atoms with E-state index in [1.807, 2.05) is 0 Å². The molecule has 0 aromatic carbocycles. The Bertz CT molecular complexity index is 498. The van der Waals surface area contributed by atoms with Crippen molar-refractivity contribution >= 4 is 5.91 Å². The molecule has 1 aliphatic carbocycles. The van der Waals surface area contributed by atoms with E-state index in [1.54, 1.807) is 0 Å². The van der Waals surface area contributed by atoms with Crippen LogP contribution in [0.1, 0.15) is 36.2 Å². The van der Waals surface area contributed by atoms with Crippen LogP contribution in [0, 0.1) is 0 Å². The first kappa shape index (κ1) is 12.8. The van der Waals surface area contributed by atoms with Gasteiger partial charge >= 0.3 is 0 Å². The number of carbonyl (C=O) groups is 1. The van der Waals surface area contributed by atoms with E-state index >= 15 is 0 Å². The van der Waals surface area contributed by atoms with Crippen molar-refractivity contribution in [3.05, 3.63) is 28.2 Å². The summed E-state index contributed by atoms with van der Waals surface area (Å²) >= 11 is 0. The quantitative estimate of drug-likeness (QED) is 0.763. The summed E-state index contributed by atoms with van der Waals surface area (Å²) in [5.41, 5.74) is -0.0703. The minimum absolute atomic E-state index is 0.190. The zero-order valence-corrected chi connectivity index (χ0v) is 10.3. The molecular formula is C12H17N3O3. The van der Waals surface area contributed by atoms with E-state index in [0.717, 1.165) is 23.9 Å². The molecular weight excluding hydrogens is 234 g/mol.